The predicted octanol–water partition coefficient (Wildman–Crippen LogP) is -3.31. The van der Waals surface area contributed by atoms with E-state index in [1.54, 1.807) is 12.1 Å². The summed E-state index contributed by atoms with van der Waals surface area (Å²) < 4.78 is 0. The second-order valence-corrected chi connectivity index (χ2v) is 6.90. The van der Waals surface area contributed by atoms with Crippen molar-refractivity contribution in [1.29, 1.82) is 0 Å². The number of rotatable bonds is 13. The molecule has 0 aliphatic rings. The second-order valence-electron chi connectivity index (χ2n) is 6.90. The Morgan fingerprint density at radius 2 is 1.59 bits per heavy atom. The lowest BCUT2D eigenvalue weighted by Gasteiger charge is -2.20. The van der Waals surface area contributed by atoms with Crippen molar-refractivity contribution in [3.8, 4) is 5.75 Å². The minimum absolute atomic E-state index is 0.0634. The Kier molecular flexibility index (Phi) is 10.6. The molecule has 0 radical (unpaired) electrons. The fourth-order valence-electron chi connectivity index (χ4n) is 2.53. The first-order valence-electron chi connectivity index (χ1n) is 9.56. The number of benzene rings is 1. The van der Waals surface area contributed by atoms with Gasteiger partial charge in [0.1, 0.15) is 17.8 Å². The molecule has 0 saturated carbocycles. The van der Waals surface area contributed by atoms with E-state index >= 15 is 0 Å². The summed E-state index contributed by atoms with van der Waals surface area (Å²) in [5, 5.41) is 34.2. The van der Waals surface area contributed by atoms with E-state index in [0.717, 1.165) is 0 Å². The van der Waals surface area contributed by atoms with E-state index < -0.39 is 60.9 Å². The molecule has 0 bridgehead atoms. The highest BCUT2D eigenvalue weighted by atomic mass is 16.4. The van der Waals surface area contributed by atoms with Gasteiger partial charge < -0.3 is 42.7 Å². The van der Waals surface area contributed by atoms with Crippen LogP contribution < -0.4 is 27.4 Å². The van der Waals surface area contributed by atoms with Crippen molar-refractivity contribution in [2.75, 3.05) is 13.2 Å². The predicted molar refractivity (Wildman–Crippen MR) is 110 cm³/mol. The number of aromatic hydroxyl groups is 1. The highest BCUT2D eigenvalue weighted by Gasteiger charge is 2.26. The van der Waals surface area contributed by atoms with Crippen molar-refractivity contribution in [1.82, 2.24) is 16.0 Å². The van der Waals surface area contributed by atoms with Crippen molar-refractivity contribution in [2.45, 2.75) is 37.4 Å². The lowest BCUT2D eigenvalue weighted by molar-refractivity contribution is -0.142. The summed E-state index contributed by atoms with van der Waals surface area (Å²) in [4.78, 5) is 58.2. The molecule has 1 aromatic carbocycles. The summed E-state index contributed by atoms with van der Waals surface area (Å²) in [6.07, 6.45) is -0.404. The van der Waals surface area contributed by atoms with Gasteiger partial charge >= 0.3 is 5.97 Å². The van der Waals surface area contributed by atoms with Crippen LogP contribution in [0.2, 0.25) is 0 Å². The molecule has 0 aliphatic heterocycles. The maximum absolute atomic E-state index is 12.2. The number of hydrogen-bond donors (Lipinski definition) is 8. The Hall–Kier alpha value is -3.71. The third-order valence-electron chi connectivity index (χ3n) is 4.28. The number of carbonyl (C=O) groups excluding carboxylic acids is 4. The summed E-state index contributed by atoms with van der Waals surface area (Å²) in [5.41, 5.74) is 11.4. The molecule has 4 amide bonds. The van der Waals surface area contributed by atoms with E-state index in [-0.39, 0.29) is 25.0 Å². The highest BCUT2D eigenvalue weighted by molar-refractivity contribution is 5.92. The van der Waals surface area contributed by atoms with Gasteiger partial charge in [-0.2, -0.15) is 0 Å². The number of phenolic OH excluding ortho intramolecular Hbond substituents is 1. The Morgan fingerprint density at radius 3 is 2.12 bits per heavy atom. The lowest BCUT2D eigenvalue weighted by Crippen LogP contribution is -2.55. The smallest absolute Gasteiger partial charge is 0.326 e. The molecule has 176 valence electrons. The van der Waals surface area contributed by atoms with Crippen LogP contribution in [0.3, 0.4) is 0 Å². The highest BCUT2D eigenvalue weighted by Crippen LogP contribution is 2.10. The van der Waals surface area contributed by atoms with Gasteiger partial charge in [0.15, 0.2) is 0 Å². The van der Waals surface area contributed by atoms with Gasteiger partial charge in [-0.15, -0.1) is 0 Å². The number of carboxylic acids is 1. The summed E-state index contributed by atoms with van der Waals surface area (Å²) in [7, 11) is 0. The molecular weight excluding hydrogens is 426 g/mol. The number of nitrogens with one attached hydrogen (secondary N) is 3. The molecule has 32 heavy (non-hydrogen) atoms. The summed E-state index contributed by atoms with van der Waals surface area (Å²) in [6, 6.07) is 2.15. The minimum atomic E-state index is -1.49. The third kappa shape index (κ3) is 9.40. The van der Waals surface area contributed by atoms with Gasteiger partial charge in [0.2, 0.25) is 23.6 Å². The number of hydrogen-bond acceptors (Lipinski definition) is 8. The molecule has 0 heterocycles. The van der Waals surface area contributed by atoms with Crippen LogP contribution in [0.5, 0.6) is 5.75 Å². The summed E-state index contributed by atoms with van der Waals surface area (Å²) in [6.45, 7) is -1.38. The van der Waals surface area contributed by atoms with Crippen LogP contribution in [0.1, 0.15) is 18.4 Å². The van der Waals surface area contributed by atoms with E-state index in [2.05, 4.69) is 16.0 Å². The van der Waals surface area contributed by atoms with Gasteiger partial charge in [0, 0.05) is 6.42 Å². The number of amides is 4. The number of aliphatic hydroxyl groups excluding tert-OH is 1. The molecule has 13 nitrogen and oxygen atoms in total. The van der Waals surface area contributed by atoms with E-state index in [1.807, 2.05) is 0 Å². The van der Waals surface area contributed by atoms with Crippen LogP contribution in [-0.2, 0) is 30.4 Å². The van der Waals surface area contributed by atoms with E-state index in [0.29, 0.717) is 5.56 Å². The van der Waals surface area contributed by atoms with Crippen molar-refractivity contribution < 1.29 is 39.3 Å². The quantitative estimate of drug-likeness (QED) is 0.149. The van der Waals surface area contributed by atoms with Crippen molar-refractivity contribution in [3.63, 3.8) is 0 Å². The van der Waals surface area contributed by atoms with E-state index in [9.17, 15) is 34.2 Å². The second kappa shape index (κ2) is 12.9. The Labute approximate surface area is 183 Å². The molecule has 3 atom stereocenters. The minimum Gasteiger partial charge on any atom is -0.508 e. The van der Waals surface area contributed by atoms with Gasteiger partial charge in [0.25, 0.3) is 0 Å². The number of nitrogens with two attached hydrogens (primary N) is 2. The van der Waals surface area contributed by atoms with Gasteiger partial charge in [-0.1, -0.05) is 12.1 Å². The van der Waals surface area contributed by atoms with E-state index in [4.69, 9.17) is 16.6 Å². The molecule has 0 spiro atoms. The summed E-state index contributed by atoms with van der Waals surface area (Å²) >= 11 is 0. The van der Waals surface area contributed by atoms with Crippen LogP contribution in [-0.4, -0.2) is 76.2 Å². The summed E-state index contributed by atoms with van der Waals surface area (Å²) in [5.74, 6) is -4.57. The van der Waals surface area contributed by atoms with Crippen LogP contribution in [0.4, 0.5) is 0 Å². The Bertz CT molecular complexity index is 830. The number of primary amides is 1. The van der Waals surface area contributed by atoms with Gasteiger partial charge in [-0.25, -0.2) is 4.79 Å². The lowest BCUT2D eigenvalue weighted by atomic mass is 10.1. The molecule has 1 rings (SSSR count). The number of aliphatic carboxylic acids is 1. The van der Waals surface area contributed by atoms with Crippen LogP contribution >= 0.6 is 0 Å². The third-order valence-corrected chi connectivity index (χ3v) is 4.28. The molecule has 3 unspecified atom stereocenters. The molecule has 13 heteroatoms. The average molecular weight is 453 g/mol. The normalized spacial score (nSPS) is 13.3. The number of carboxylic acid groups (broad SMARTS) is 1. The molecule has 0 aliphatic carbocycles. The van der Waals surface area contributed by atoms with Crippen molar-refractivity contribution in [2.24, 2.45) is 11.5 Å². The standard InChI is InChI=1S/C19H27N5O8/c20-12(7-10-1-3-11(26)4-2-10)17(29)22-8-16(28)23-14(9-25)18(30)24-13(19(31)32)5-6-15(21)27/h1-4,12-14,25-26H,5-9,20H2,(H2,21,27)(H,22,29)(H,23,28)(H,24,30)(H,31,32). The first-order chi connectivity index (χ1) is 15.0. The molecule has 0 aromatic heterocycles. The van der Waals surface area contributed by atoms with Crippen molar-refractivity contribution in [3.05, 3.63) is 29.8 Å². The zero-order chi connectivity index (χ0) is 24.3. The van der Waals surface area contributed by atoms with Crippen LogP contribution in [0, 0.1) is 0 Å². The van der Waals surface area contributed by atoms with Gasteiger partial charge in [-0.05, 0) is 30.5 Å². The fraction of sp³-hybridized carbons (Fsp3) is 0.421. The number of carbonyl (C=O) groups is 5. The number of aliphatic hydroxyl groups is 1. The maximum Gasteiger partial charge on any atom is 0.326 e. The molecule has 0 fully saturated rings. The largest absolute Gasteiger partial charge is 0.508 e. The number of phenols is 1. The molecule has 10 N–H and O–H groups in total. The topological polar surface area (TPSA) is 234 Å². The SMILES string of the molecule is NC(=O)CCC(NC(=O)C(CO)NC(=O)CNC(=O)C(N)Cc1ccc(O)cc1)C(=O)O. The fourth-order valence-corrected chi connectivity index (χ4v) is 2.53. The first kappa shape index (κ1) is 26.3. The van der Waals surface area contributed by atoms with E-state index in [1.165, 1.54) is 12.1 Å². The monoisotopic (exact) mass is 453 g/mol. The maximum atomic E-state index is 12.2. The Morgan fingerprint density at radius 1 is 0.969 bits per heavy atom. The molecule has 1 aromatic rings. The Balaban J connectivity index is 2.52. The molecular formula is C19H27N5O8. The van der Waals surface area contributed by atoms with Crippen LogP contribution in [0.15, 0.2) is 24.3 Å². The van der Waals surface area contributed by atoms with Gasteiger partial charge in [-0.3, -0.25) is 19.2 Å². The first-order valence-corrected chi connectivity index (χ1v) is 9.56. The zero-order valence-electron chi connectivity index (χ0n) is 17.1. The van der Waals surface area contributed by atoms with Crippen molar-refractivity contribution >= 4 is 29.6 Å². The van der Waals surface area contributed by atoms with Gasteiger partial charge in [0.05, 0.1) is 19.2 Å². The zero-order valence-corrected chi connectivity index (χ0v) is 17.1. The molecule has 0 saturated heterocycles. The van der Waals surface area contributed by atoms with Crippen LogP contribution in [0.25, 0.3) is 0 Å². The average Bonchev–Trinajstić information content (AvgIpc) is 2.74.